The molecule has 0 radical (unpaired) electrons. The van der Waals surface area contributed by atoms with Gasteiger partial charge in [0.1, 0.15) is 5.75 Å². The molecule has 6 nitrogen and oxygen atoms in total. The Balaban J connectivity index is 2.27. The number of hydrogen-bond donors (Lipinski definition) is 1. The first-order valence-corrected chi connectivity index (χ1v) is 6.80. The number of aromatic nitrogens is 2. The number of ether oxygens (including phenoxy) is 1. The number of alkyl halides is 3. The molecule has 0 saturated carbocycles. The van der Waals surface area contributed by atoms with E-state index in [1.165, 1.54) is 13.2 Å². The smallest absolute Gasteiger partial charge is 0.416 e. The third-order valence-electron chi connectivity index (χ3n) is 3.12. The maximum absolute atomic E-state index is 12.8. The molecule has 2 rings (SSSR count). The maximum Gasteiger partial charge on any atom is 0.416 e. The molecule has 0 saturated heterocycles. The summed E-state index contributed by atoms with van der Waals surface area (Å²) in [6.07, 6.45) is -4.53. The van der Waals surface area contributed by atoms with E-state index in [-0.39, 0.29) is 17.1 Å². The summed E-state index contributed by atoms with van der Waals surface area (Å²) in [5.41, 5.74) is -1.02. The van der Waals surface area contributed by atoms with Crippen LogP contribution in [0.25, 0.3) is 0 Å². The van der Waals surface area contributed by atoms with Gasteiger partial charge in [-0.05, 0) is 30.3 Å². The number of hydrogen-bond acceptors (Lipinski definition) is 5. The van der Waals surface area contributed by atoms with Crippen LogP contribution in [0.15, 0.2) is 30.3 Å². The van der Waals surface area contributed by atoms with Crippen molar-refractivity contribution in [2.75, 3.05) is 31.4 Å². The van der Waals surface area contributed by atoms with Crippen molar-refractivity contribution in [2.24, 2.45) is 0 Å². The standard InChI is InChI=1S/C15H15F3N4O2/c1-22(2)13-7-5-10(20-21-13)14(23)19-11-8-9(15(16,17)18)4-6-12(11)24-3/h4-8H,1-3H3,(H,19,23). The van der Waals surface area contributed by atoms with Crippen LogP contribution in [-0.2, 0) is 6.18 Å². The van der Waals surface area contributed by atoms with Crippen LogP contribution in [0.2, 0.25) is 0 Å². The van der Waals surface area contributed by atoms with Gasteiger partial charge in [0.2, 0.25) is 0 Å². The van der Waals surface area contributed by atoms with Crippen molar-refractivity contribution in [3.63, 3.8) is 0 Å². The highest BCUT2D eigenvalue weighted by atomic mass is 19.4. The Morgan fingerprint density at radius 3 is 2.38 bits per heavy atom. The molecule has 0 atom stereocenters. The van der Waals surface area contributed by atoms with E-state index in [4.69, 9.17) is 4.74 Å². The van der Waals surface area contributed by atoms with Gasteiger partial charge in [-0.1, -0.05) is 0 Å². The number of nitrogens with one attached hydrogen (secondary N) is 1. The molecule has 0 aliphatic carbocycles. The first-order valence-electron chi connectivity index (χ1n) is 6.80. The molecule has 1 heterocycles. The number of carbonyl (C=O) groups excluding carboxylic acids is 1. The van der Waals surface area contributed by atoms with Gasteiger partial charge in [0.05, 0.1) is 18.4 Å². The molecule has 0 spiro atoms. The molecule has 0 bridgehead atoms. The van der Waals surface area contributed by atoms with E-state index in [2.05, 4.69) is 15.5 Å². The summed E-state index contributed by atoms with van der Waals surface area (Å²) < 4.78 is 43.4. The molecule has 128 valence electrons. The largest absolute Gasteiger partial charge is 0.495 e. The van der Waals surface area contributed by atoms with Crippen LogP contribution < -0.4 is 15.0 Å². The summed E-state index contributed by atoms with van der Waals surface area (Å²) in [5, 5.41) is 9.96. The molecule has 1 amide bonds. The Labute approximate surface area is 136 Å². The predicted molar refractivity (Wildman–Crippen MR) is 82.3 cm³/mol. The number of methoxy groups -OCH3 is 1. The Bertz CT molecular complexity index is 730. The highest BCUT2D eigenvalue weighted by Crippen LogP contribution is 2.35. The Kier molecular flexibility index (Phi) is 4.91. The third kappa shape index (κ3) is 3.92. The van der Waals surface area contributed by atoms with Crippen LogP contribution in [-0.4, -0.2) is 37.3 Å². The van der Waals surface area contributed by atoms with Gasteiger partial charge in [0, 0.05) is 14.1 Å². The van der Waals surface area contributed by atoms with Crippen LogP contribution >= 0.6 is 0 Å². The van der Waals surface area contributed by atoms with Crippen LogP contribution in [0, 0.1) is 0 Å². The van der Waals surface area contributed by atoms with Crippen LogP contribution in [0.5, 0.6) is 5.75 Å². The molecule has 1 N–H and O–H groups in total. The fraction of sp³-hybridized carbons (Fsp3) is 0.267. The van der Waals surface area contributed by atoms with Crippen molar-refractivity contribution in [3.8, 4) is 5.75 Å². The summed E-state index contributed by atoms with van der Waals surface area (Å²) in [6, 6.07) is 5.82. The quantitative estimate of drug-likeness (QED) is 0.927. The second-order valence-electron chi connectivity index (χ2n) is 5.04. The van der Waals surface area contributed by atoms with E-state index < -0.39 is 17.6 Å². The number of carbonyl (C=O) groups is 1. The molecule has 0 aliphatic rings. The minimum absolute atomic E-state index is 0.0277. The van der Waals surface area contributed by atoms with E-state index in [0.29, 0.717) is 5.82 Å². The topological polar surface area (TPSA) is 67.3 Å². The van der Waals surface area contributed by atoms with Crippen molar-refractivity contribution in [1.82, 2.24) is 10.2 Å². The lowest BCUT2D eigenvalue weighted by molar-refractivity contribution is -0.137. The van der Waals surface area contributed by atoms with Gasteiger partial charge in [-0.15, -0.1) is 10.2 Å². The first kappa shape index (κ1) is 17.5. The Morgan fingerprint density at radius 1 is 1.17 bits per heavy atom. The van der Waals surface area contributed by atoms with Crippen molar-refractivity contribution < 1.29 is 22.7 Å². The van der Waals surface area contributed by atoms with Gasteiger partial charge in [-0.3, -0.25) is 4.79 Å². The molecule has 0 fully saturated rings. The normalized spacial score (nSPS) is 11.1. The van der Waals surface area contributed by atoms with Crippen LogP contribution in [0.4, 0.5) is 24.7 Å². The number of rotatable bonds is 4. The highest BCUT2D eigenvalue weighted by Gasteiger charge is 2.31. The van der Waals surface area contributed by atoms with Gasteiger partial charge in [0.25, 0.3) is 5.91 Å². The molecular weight excluding hydrogens is 325 g/mol. The zero-order valence-corrected chi connectivity index (χ0v) is 13.2. The van der Waals surface area contributed by atoms with E-state index in [9.17, 15) is 18.0 Å². The van der Waals surface area contributed by atoms with E-state index in [1.807, 2.05) is 0 Å². The van der Waals surface area contributed by atoms with Gasteiger partial charge in [0.15, 0.2) is 11.5 Å². The first-order chi connectivity index (χ1) is 11.2. The molecule has 9 heteroatoms. The van der Waals surface area contributed by atoms with Gasteiger partial charge in [-0.25, -0.2) is 0 Å². The zero-order valence-electron chi connectivity index (χ0n) is 13.2. The molecule has 0 unspecified atom stereocenters. The number of nitrogens with zero attached hydrogens (tertiary/aromatic N) is 3. The molecule has 2 aromatic rings. The van der Waals surface area contributed by atoms with E-state index >= 15 is 0 Å². The summed E-state index contributed by atoms with van der Waals surface area (Å²) >= 11 is 0. The second-order valence-corrected chi connectivity index (χ2v) is 5.04. The summed E-state index contributed by atoms with van der Waals surface area (Å²) in [6.45, 7) is 0. The van der Waals surface area contributed by atoms with Crippen LogP contribution in [0.1, 0.15) is 16.1 Å². The Morgan fingerprint density at radius 2 is 1.88 bits per heavy atom. The van der Waals surface area contributed by atoms with Crippen molar-refractivity contribution in [2.45, 2.75) is 6.18 Å². The van der Waals surface area contributed by atoms with Crippen molar-refractivity contribution in [1.29, 1.82) is 0 Å². The van der Waals surface area contributed by atoms with Crippen molar-refractivity contribution >= 4 is 17.4 Å². The number of benzene rings is 1. The van der Waals surface area contributed by atoms with Crippen molar-refractivity contribution in [3.05, 3.63) is 41.6 Å². The zero-order chi connectivity index (χ0) is 17.9. The summed E-state index contributed by atoms with van der Waals surface area (Å²) in [4.78, 5) is 13.9. The summed E-state index contributed by atoms with van der Waals surface area (Å²) in [7, 11) is 4.82. The lowest BCUT2D eigenvalue weighted by Crippen LogP contribution is -2.17. The lowest BCUT2D eigenvalue weighted by atomic mass is 10.1. The Hall–Kier alpha value is -2.84. The molecular formula is C15H15F3N4O2. The number of anilines is 2. The highest BCUT2D eigenvalue weighted by molar-refractivity contribution is 6.03. The second kappa shape index (κ2) is 6.73. The van der Waals surface area contributed by atoms with Crippen LogP contribution in [0.3, 0.4) is 0 Å². The van der Waals surface area contributed by atoms with Gasteiger partial charge < -0.3 is 15.0 Å². The summed E-state index contributed by atoms with van der Waals surface area (Å²) in [5.74, 6) is -0.0390. The average molecular weight is 340 g/mol. The minimum Gasteiger partial charge on any atom is -0.495 e. The maximum atomic E-state index is 12.8. The van der Waals surface area contributed by atoms with E-state index in [0.717, 1.165) is 18.2 Å². The third-order valence-corrected chi connectivity index (χ3v) is 3.12. The van der Waals surface area contributed by atoms with E-state index in [1.54, 1.807) is 25.1 Å². The molecule has 1 aromatic carbocycles. The van der Waals surface area contributed by atoms with Gasteiger partial charge in [-0.2, -0.15) is 13.2 Å². The lowest BCUT2D eigenvalue weighted by Gasteiger charge is -2.14. The average Bonchev–Trinajstić information content (AvgIpc) is 2.54. The number of amides is 1. The predicted octanol–water partition coefficient (Wildman–Crippen LogP) is 2.82. The fourth-order valence-corrected chi connectivity index (χ4v) is 1.85. The number of halogens is 3. The SMILES string of the molecule is COc1ccc(C(F)(F)F)cc1NC(=O)c1ccc(N(C)C)nn1. The molecule has 24 heavy (non-hydrogen) atoms. The fourth-order valence-electron chi connectivity index (χ4n) is 1.85. The minimum atomic E-state index is -4.53. The monoisotopic (exact) mass is 340 g/mol. The molecule has 1 aromatic heterocycles. The molecule has 0 aliphatic heterocycles. The van der Waals surface area contributed by atoms with Gasteiger partial charge >= 0.3 is 6.18 Å².